The Hall–Kier alpha value is -2.53. The maximum absolute atomic E-state index is 12.5. The van der Waals surface area contributed by atoms with Gasteiger partial charge >= 0.3 is 0 Å². The average molecular weight is 315 g/mol. The van der Waals surface area contributed by atoms with Gasteiger partial charge in [-0.1, -0.05) is 24.3 Å². The lowest BCUT2D eigenvalue weighted by Gasteiger charge is -2.22. The molecule has 0 fully saturated rings. The minimum Gasteiger partial charge on any atom is -0.497 e. The van der Waals surface area contributed by atoms with E-state index in [1.807, 2.05) is 0 Å². The van der Waals surface area contributed by atoms with Crippen LogP contribution in [-0.2, 0) is 0 Å². The van der Waals surface area contributed by atoms with Crippen molar-refractivity contribution in [3.05, 3.63) is 59.7 Å². The van der Waals surface area contributed by atoms with E-state index in [1.54, 1.807) is 62.7 Å². The number of para-hydroxylation sites is 1. The van der Waals surface area contributed by atoms with Crippen molar-refractivity contribution in [2.75, 3.05) is 27.8 Å². The third-order valence-corrected chi connectivity index (χ3v) is 3.61. The maximum Gasteiger partial charge on any atom is 0.257 e. The van der Waals surface area contributed by atoms with E-state index >= 15 is 0 Å². The van der Waals surface area contributed by atoms with Crippen molar-refractivity contribution in [2.45, 2.75) is 6.10 Å². The van der Waals surface area contributed by atoms with Crippen LogP contribution < -0.4 is 9.47 Å². The zero-order valence-electron chi connectivity index (χ0n) is 13.5. The molecule has 2 aromatic rings. The second-order valence-electron chi connectivity index (χ2n) is 5.18. The molecule has 2 rings (SSSR count). The zero-order chi connectivity index (χ0) is 16.8. The third kappa shape index (κ3) is 4.02. The van der Waals surface area contributed by atoms with Gasteiger partial charge < -0.3 is 19.5 Å². The third-order valence-electron chi connectivity index (χ3n) is 3.61. The Morgan fingerprint density at radius 2 is 1.87 bits per heavy atom. The second-order valence-corrected chi connectivity index (χ2v) is 5.18. The molecule has 0 aromatic heterocycles. The van der Waals surface area contributed by atoms with E-state index in [0.29, 0.717) is 22.6 Å². The molecule has 5 heteroatoms. The lowest BCUT2D eigenvalue weighted by molar-refractivity contribution is 0.0677. The van der Waals surface area contributed by atoms with Crippen LogP contribution in [0.5, 0.6) is 11.5 Å². The standard InChI is InChI=1S/C18H21NO4/c1-19(18(21)15-9-4-5-10-17(15)23-3)12-16(20)13-7-6-8-14(11-13)22-2/h4-11,16,20H,12H2,1-3H3. The quantitative estimate of drug-likeness (QED) is 0.890. The van der Waals surface area contributed by atoms with Gasteiger partial charge in [0.15, 0.2) is 0 Å². The van der Waals surface area contributed by atoms with Crippen LogP contribution in [0.4, 0.5) is 0 Å². The summed E-state index contributed by atoms with van der Waals surface area (Å²) in [6.07, 6.45) is -0.797. The lowest BCUT2D eigenvalue weighted by atomic mass is 10.1. The summed E-state index contributed by atoms with van der Waals surface area (Å²) >= 11 is 0. The van der Waals surface area contributed by atoms with E-state index in [0.717, 1.165) is 0 Å². The van der Waals surface area contributed by atoms with Gasteiger partial charge in [0.25, 0.3) is 5.91 Å². The minimum atomic E-state index is -0.797. The molecule has 1 unspecified atom stereocenters. The van der Waals surface area contributed by atoms with Gasteiger partial charge in [0, 0.05) is 7.05 Å². The Balaban J connectivity index is 2.11. The van der Waals surface area contributed by atoms with Gasteiger partial charge in [-0.3, -0.25) is 4.79 Å². The molecule has 0 heterocycles. The van der Waals surface area contributed by atoms with Gasteiger partial charge in [0.05, 0.1) is 32.4 Å². The molecule has 0 radical (unpaired) electrons. The highest BCUT2D eigenvalue weighted by molar-refractivity contribution is 5.96. The van der Waals surface area contributed by atoms with Crippen LogP contribution in [0.1, 0.15) is 22.0 Å². The number of hydrogen-bond donors (Lipinski definition) is 1. The monoisotopic (exact) mass is 315 g/mol. The minimum absolute atomic E-state index is 0.171. The van der Waals surface area contributed by atoms with Crippen LogP contribution in [0.25, 0.3) is 0 Å². The van der Waals surface area contributed by atoms with Crippen LogP contribution >= 0.6 is 0 Å². The van der Waals surface area contributed by atoms with Gasteiger partial charge in [0.1, 0.15) is 11.5 Å². The summed E-state index contributed by atoms with van der Waals surface area (Å²) in [5, 5.41) is 10.4. The summed E-state index contributed by atoms with van der Waals surface area (Å²) in [6.45, 7) is 0.171. The summed E-state index contributed by atoms with van der Waals surface area (Å²) in [5.74, 6) is 0.977. The Bertz CT molecular complexity index is 672. The first kappa shape index (κ1) is 16.8. The molecular formula is C18H21NO4. The first-order valence-corrected chi connectivity index (χ1v) is 7.27. The molecule has 122 valence electrons. The molecule has 2 aromatic carbocycles. The van der Waals surface area contributed by atoms with E-state index in [4.69, 9.17) is 9.47 Å². The fourth-order valence-corrected chi connectivity index (χ4v) is 2.32. The number of aliphatic hydroxyl groups excluding tert-OH is 1. The number of nitrogens with zero attached hydrogens (tertiary/aromatic N) is 1. The van der Waals surface area contributed by atoms with Gasteiger partial charge in [0.2, 0.25) is 0 Å². The molecule has 1 N–H and O–H groups in total. The predicted molar refractivity (Wildman–Crippen MR) is 87.9 cm³/mol. The number of carbonyl (C=O) groups is 1. The fourth-order valence-electron chi connectivity index (χ4n) is 2.32. The molecule has 23 heavy (non-hydrogen) atoms. The highest BCUT2D eigenvalue weighted by Crippen LogP contribution is 2.22. The SMILES string of the molecule is COc1cccc(C(O)CN(C)C(=O)c2ccccc2OC)c1. The Morgan fingerprint density at radius 3 is 2.57 bits per heavy atom. The summed E-state index contributed by atoms with van der Waals surface area (Å²) in [4.78, 5) is 14.0. The smallest absolute Gasteiger partial charge is 0.257 e. The average Bonchev–Trinajstić information content (AvgIpc) is 2.60. The molecular weight excluding hydrogens is 294 g/mol. The zero-order valence-corrected chi connectivity index (χ0v) is 13.5. The number of benzene rings is 2. The van der Waals surface area contributed by atoms with Gasteiger partial charge in [-0.15, -0.1) is 0 Å². The maximum atomic E-state index is 12.5. The Kier molecular flexibility index (Phi) is 5.60. The van der Waals surface area contributed by atoms with Crippen molar-refractivity contribution in [1.82, 2.24) is 4.90 Å². The number of methoxy groups -OCH3 is 2. The molecule has 0 aliphatic heterocycles. The molecule has 0 aliphatic carbocycles. The van der Waals surface area contributed by atoms with E-state index in [1.165, 1.54) is 12.0 Å². The van der Waals surface area contributed by atoms with Crippen molar-refractivity contribution < 1.29 is 19.4 Å². The highest BCUT2D eigenvalue weighted by atomic mass is 16.5. The number of hydrogen-bond acceptors (Lipinski definition) is 4. The molecule has 0 saturated carbocycles. The van der Waals surface area contributed by atoms with E-state index < -0.39 is 6.10 Å². The van der Waals surface area contributed by atoms with Gasteiger partial charge in [-0.25, -0.2) is 0 Å². The number of rotatable bonds is 6. The Morgan fingerprint density at radius 1 is 1.13 bits per heavy atom. The molecule has 0 saturated heterocycles. The largest absolute Gasteiger partial charge is 0.497 e. The first-order valence-electron chi connectivity index (χ1n) is 7.27. The first-order chi connectivity index (χ1) is 11.1. The summed E-state index contributed by atoms with van der Waals surface area (Å²) in [5.41, 5.74) is 1.17. The number of likely N-dealkylation sites (N-methyl/N-ethyl adjacent to an activating group) is 1. The molecule has 0 bridgehead atoms. The normalized spacial score (nSPS) is 11.7. The van der Waals surface area contributed by atoms with Crippen LogP contribution in [0, 0.1) is 0 Å². The van der Waals surface area contributed by atoms with E-state index in [2.05, 4.69) is 0 Å². The summed E-state index contributed by atoms with van der Waals surface area (Å²) in [7, 11) is 4.75. The number of ether oxygens (including phenoxy) is 2. The Labute approximate surface area is 136 Å². The van der Waals surface area contributed by atoms with Crippen LogP contribution in [0.2, 0.25) is 0 Å². The summed E-state index contributed by atoms with van der Waals surface area (Å²) < 4.78 is 10.4. The van der Waals surface area contributed by atoms with Gasteiger partial charge in [-0.2, -0.15) is 0 Å². The van der Waals surface area contributed by atoms with E-state index in [-0.39, 0.29) is 12.5 Å². The van der Waals surface area contributed by atoms with Crippen molar-refractivity contribution in [2.24, 2.45) is 0 Å². The molecule has 1 atom stereocenters. The molecule has 0 spiro atoms. The van der Waals surface area contributed by atoms with Gasteiger partial charge in [-0.05, 0) is 29.8 Å². The number of aliphatic hydroxyl groups is 1. The lowest BCUT2D eigenvalue weighted by Crippen LogP contribution is -2.31. The molecule has 5 nitrogen and oxygen atoms in total. The van der Waals surface area contributed by atoms with Crippen LogP contribution in [0.3, 0.4) is 0 Å². The van der Waals surface area contributed by atoms with E-state index in [9.17, 15) is 9.90 Å². The van der Waals surface area contributed by atoms with Crippen molar-refractivity contribution >= 4 is 5.91 Å². The number of amides is 1. The van der Waals surface area contributed by atoms with Crippen molar-refractivity contribution in [3.63, 3.8) is 0 Å². The molecule has 1 amide bonds. The molecule has 0 aliphatic rings. The van der Waals surface area contributed by atoms with Crippen LogP contribution in [-0.4, -0.2) is 43.7 Å². The van der Waals surface area contributed by atoms with Crippen molar-refractivity contribution in [1.29, 1.82) is 0 Å². The number of carbonyl (C=O) groups excluding carboxylic acids is 1. The topological polar surface area (TPSA) is 59.0 Å². The second kappa shape index (κ2) is 7.65. The predicted octanol–water partition coefficient (Wildman–Crippen LogP) is 2.51. The highest BCUT2D eigenvalue weighted by Gasteiger charge is 2.19. The summed E-state index contributed by atoms with van der Waals surface area (Å²) in [6, 6.07) is 14.2. The fraction of sp³-hybridized carbons (Fsp3) is 0.278. The van der Waals surface area contributed by atoms with Crippen LogP contribution in [0.15, 0.2) is 48.5 Å². The van der Waals surface area contributed by atoms with Crippen molar-refractivity contribution in [3.8, 4) is 11.5 Å².